The van der Waals surface area contributed by atoms with Crippen LogP contribution in [-0.4, -0.2) is 18.0 Å². The number of hydrogen-bond acceptors (Lipinski definition) is 2. The van der Waals surface area contributed by atoms with E-state index in [0.29, 0.717) is 24.0 Å². The number of Topliss-reactive ketones (excluding diaryl/α,β-unsaturated/α-hetero) is 1. The van der Waals surface area contributed by atoms with E-state index in [4.69, 9.17) is 16.3 Å². The molecule has 0 unspecified atom stereocenters. The number of ketones is 1. The Balaban J connectivity index is 2.15. The summed E-state index contributed by atoms with van der Waals surface area (Å²) < 4.78 is 6.84. The van der Waals surface area contributed by atoms with Crippen molar-refractivity contribution in [3.05, 3.63) is 33.3 Å². The molecule has 1 aromatic carbocycles. The Labute approximate surface area is 140 Å². The van der Waals surface area contributed by atoms with E-state index < -0.39 is 5.60 Å². The highest BCUT2D eigenvalue weighted by Gasteiger charge is 2.41. The molecule has 0 saturated heterocycles. The average molecular weight is 374 g/mol. The molecule has 116 valence electrons. The fourth-order valence-electron chi connectivity index (χ4n) is 3.01. The Morgan fingerprint density at radius 1 is 1.43 bits per heavy atom. The molecule has 0 spiro atoms. The highest BCUT2D eigenvalue weighted by atomic mass is 79.9. The normalized spacial score (nSPS) is 25.8. The second-order valence-electron chi connectivity index (χ2n) is 5.95. The average Bonchev–Trinajstić information content (AvgIpc) is 2.45. The zero-order valence-electron chi connectivity index (χ0n) is 12.6. The van der Waals surface area contributed by atoms with Gasteiger partial charge in [-0.3, -0.25) is 4.79 Å². The number of carbonyl (C=O) groups excluding carboxylic acids is 1. The maximum absolute atomic E-state index is 12.8. The van der Waals surface area contributed by atoms with Crippen LogP contribution in [0.4, 0.5) is 0 Å². The molecule has 1 saturated carbocycles. The number of carbonyl (C=O) groups is 1. The fourth-order valence-corrected chi connectivity index (χ4v) is 3.75. The van der Waals surface area contributed by atoms with Crippen molar-refractivity contribution in [1.82, 2.24) is 0 Å². The molecule has 0 bridgehead atoms. The number of ether oxygens (including phenoxy) is 1. The van der Waals surface area contributed by atoms with Crippen LogP contribution >= 0.6 is 27.5 Å². The van der Waals surface area contributed by atoms with E-state index in [9.17, 15) is 4.79 Å². The third-order valence-corrected chi connectivity index (χ3v) is 5.22. The Hall–Kier alpha value is -0.380. The van der Waals surface area contributed by atoms with E-state index in [2.05, 4.69) is 22.9 Å². The lowest BCUT2D eigenvalue weighted by atomic mass is 9.76. The van der Waals surface area contributed by atoms with E-state index in [0.717, 1.165) is 35.7 Å². The van der Waals surface area contributed by atoms with Gasteiger partial charge in [0.05, 0.1) is 0 Å². The third kappa shape index (κ3) is 4.08. The number of rotatable bonds is 5. The molecule has 21 heavy (non-hydrogen) atoms. The van der Waals surface area contributed by atoms with Crippen LogP contribution in [0, 0.1) is 5.92 Å². The van der Waals surface area contributed by atoms with Gasteiger partial charge in [-0.1, -0.05) is 40.5 Å². The predicted molar refractivity (Wildman–Crippen MR) is 89.9 cm³/mol. The van der Waals surface area contributed by atoms with E-state index >= 15 is 0 Å². The van der Waals surface area contributed by atoms with Gasteiger partial charge >= 0.3 is 0 Å². The van der Waals surface area contributed by atoms with Gasteiger partial charge in [-0.25, -0.2) is 0 Å². The molecular formula is C17H22BrClO2. The van der Waals surface area contributed by atoms with Gasteiger partial charge in [-0.2, -0.15) is 0 Å². The van der Waals surface area contributed by atoms with Crippen molar-refractivity contribution in [3.8, 4) is 0 Å². The van der Waals surface area contributed by atoms with Crippen molar-refractivity contribution in [2.75, 3.05) is 6.61 Å². The molecular weight excluding hydrogens is 352 g/mol. The Kier molecular flexibility index (Phi) is 5.87. The highest BCUT2D eigenvalue weighted by Crippen LogP contribution is 2.37. The lowest BCUT2D eigenvalue weighted by Gasteiger charge is -2.38. The largest absolute Gasteiger partial charge is 0.367 e. The van der Waals surface area contributed by atoms with Crippen molar-refractivity contribution in [2.45, 2.75) is 51.6 Å². The van der Waals surface area contributed by atoms with E-state index in [1.165, 1.54) is 0 Å². The van der Waals surface area contributed by atoms with Crippen LogP contribution in [0.25, 0.3) is 0 Å². The molecule has 1 fully saturated rings. The van der Waals surface area contributed by atoms with Crippen LogP contribution in [0.2, 0.25) is 5.02 Å². The summed E-state index contributed by atoms with van der Waals surface area (Å²) in [5.74, 6) is 0.850. The minimum absolute atomic E-state index is 0.167. The minimum atomic E-state index is -0.600. The van der Waals surface area contributed by atoms with Crippen LogP contribution in [0.5, 0.6) is 0 Å². The molecule has 1 aliphatic rings. The molecule has 1 aliphatic carbocycles. The van der Waals surface area contributed by atoms with Gasteiger partial charge in [0.1, 0.15) is 5.60 Å². The zero-order chi connectivity index (χ0) is 15.5. The molecule has 0 aliphatic heterocycles. The quantitative estimate of drug-likeness (QED) is 0.709. The van der Waals surface area contributed by atoms with Gasteiger partial charge in [0.15, 0.2) is 5.78 Å². The van der Waals surface area contributed by atoms with E-state index in [1.54, 1.807) is 0 Å². The SMILES string of the molecule is CCOC1(C(=O)Cc2ccc(Br)cc2Cl)CCC(C)CC1. The Morgan fingerprint density at radius 3 is 2.67 bits per heavy atom. The Morgan fingerprint density at radius 2 is 2.10 bits per heavy atom. The van der Waals surface area contributed by atoms with E-state index in [1.807, 2.05) is 25.1 Å². The molecule has 0 N–H and O–H groups in total. The summed E-state index contributed by atoms with van der Waals surface area (Å²) in [6.45, 7) is 4.78. The summed E-state index contributed by atoms with van der Waals surface area (Å²) in [5, 5.41) is 0.633. The zero-order valence-corrected chi connectivity index (χ0v) is 15.0. The van der Waals surface area contributed by atoms with Crippen LogP contribution in [-0.2, 0) is 16.0 Å². The van der Waals surface area contributed by atoms with Gasteiger partial charge in [-0.15, -0.1) is 0 Å². The molecule has 0 amide bonds. The standard InChI is InChI=1S/C17H22BrClO2/c1-3-21-17(8-6-12(2)7-9-17)16(20)10-13-4-5-14(18)11-15(13)19/h4-5,11-12H,3,6-10H2,1-2H3. The first-order valence-electron chi connectivity index (χ1n) is 7.58. The maximum atomic E-state index is 12.8. The number of halogens is 2. The molecule has 0 heterocycles. The van der Waals surface area contributed by atoms with Crippen molar-refractivity contribution < 1.29 is 9.53 Å². The topological polar surface area (TPSA) is 26.3 Å². The van der Waals surface area contributed by atoms with E-state index in [-0.39, 0.29) is 5.78 Å². The lowest BCUT2D eigenvalue weighted by Crippen LogP contribution is -2.45. The molecule has 4 heteroatoms. The summed E-state index contributed by atoms with van der Waals surface area (Å²) in [7, 11) is 0. The van der Waals surface area contributed by atoms with Crippen LogP contribution in [0.3, 0.4) is 0 Å². The summed E-state index contributed by atoms with van der Waals surface area (Å²) in [6.07, 6.45) is 4.12. The number of benzene rings is 1. The first-order valence-corrected chi connectivity index (χ1v) is 8.75. The number of hydrogen-bond donors (Lipinski definition) is 0. The van der Waals surface area contributed by atoms with Gasteiger partial charge in [0.2, 0.25) is 0 Å². The summed E-state index contributed by atoms with van der Waals surface area (Å²) in [6, 6.07) is 5.67. The van der Waals surface area contributed by atoms with Gasteiger partial charge < -0.3 is 4.74 Å². The predicted octanol–water partition coefficient (Wildman–Crippen LogP) is 5.20. The fraction of sp³-hybridized carbons (Fsp3) is 0.588. The second kappa shape index (κ2) is 7.26. The van der Waals surface area contributed by atoms with Crippen LogP contribution in [0.15, 0.2) is 22.7 Å². The summed E-state index contributed by atoms with van der Waals surface area (Å²) in [4.78, 5) is 12.8. The van der Waals surface area contributed by atoms with Crippen molar-refractivity contribution in [2.24, 2.45) is 5.92 Å². The summed E-state index contributed by atoms with van der Waals surface area (Å²) in [5.41, 5.74) is 0.278. The monoisotopic (exact) mass is 372 g/mol. The van der Waals surface area contributed by atoms with Crippen LogP contribution < -0.4 is 0 Å². The molecule has 0 atom stereocenters. The first-order chi connectivity index (χ1) is 9.97. The summed E-state index contributed by atoms with van der Waals surface area (Å²) >= 11 is 9.62. The third-order valence-electron chi connectivity index (χ3n) is 4.38. The van der Waals surface area contributed by atoms with Crippen molar-refractivity contribution in [1.29, 1.82) is 0 Å². The lowest BCUT2D eigenvalue weighted by molar-refractivity contribution is -0.149. The molecule has 1 aromatic rings. The minimum Gasteiger partial charge on any atom is -0.367 e. The second-order valence-corrected chi connectivity index (χ2v) is 7.27. The molecule has 0 aromatic heterocycles. The highest BCUT2D eigenvalue weighted by molar-refractivity contribution is 9.10. The van der Waals surface area contributed by atoms with Gasteiger partial charge in [-0.05, 0) is 56.2 Å². The van der Waals surface area contributed by atoms with Gasteiger partial charge in [0.25, 0.3) is 0 Å². The van der Waals surface area contributed by atoms with Crippen LogP contribution in [0.1, 0.15) is 45.1 Å². The van der Waals surface area contributed by atoms with Crippen molar-refractivity contribution >= 4 is 33.3 Å². The molecule has 2 nitrogen and oxygen atoms in total. The molecule has 0 radical (unpaired) electrons. The van der Waals surface area contributed by atoms with Gasteiger partial charge in [0, 0.05) is 22.5 Å². The Bertz CT molecular complexity index is 508. The maximum Gasteiger partial charge on any atom is 0.169 e. The van der Waals surface area contributed by atoms with Crippen molar-refractivity contribution in [3.63, 3.8) is 0 Å². The smallest absolute Gasteiger partial charge is 0.169 e. The molecule has 2 rings (SSSR count). The first kappa shape index (κ1) is 17.0.